The lowest BCUT2D eigenvalue weighted by molar-refractivity contribution is 0.549. The molecule has 0 aliphatic carbocycles. The van der Waals surface area contributed by atoms with Crippen LogP contribution in [0.2, 0.25) is 0 Å². The first-order valence-electron chi connectivity index (χ1n) is 5.20. The van der Waals surface area contributed by atoms with Crippen LogP contribution in [0.25, 0.3) is 0 Å². The van der Waals surface area contributed by atoms with E-state index in [1.165, 1.54) is 12.1 Å². The molecule has 3 heteroatoms. The van der Waals surface area contributed by atoms with Crippen LogP contribution in [0, 0.1) is 5.82 Å². The average Bonchev–Trinajstić information content (AvgIpc) is 2.35. The predicted octanol–water partition coefficient (Wildman–Crippen LogP) is 2.65. The summed E-state index contributed by atoms with van der Waals surface area (Å²) < 4.78 is 12.8. The minimum atomic E-state index is -0.572. The zero-order valence-corrected chi connectivity index (χ0v) is 9.06. The van der Waals surface area contributed by atoms with Gasteiger partial charge in [-0.3, -0.25) is 4.79 Å². The van der Waals surface area contributed by atoms with Gasteiger partial charge in [-0.1, -0.05) is 30.3 Å². The van der Waals surface area contributed by atoms with Gasteiger partial charge in [-0.05, 0) is 29.3 Å². The monoisotopic (exact) mass is 228 g/mol. The fourth-order valence-corrected chi connectivity index (χ4v) is 1.74. The number of hydrogen-bond donors (Lipinski definition) is 1. The van der Waals surface area contributed by atoms with E-state index in [-0.39, 0.29) is 5.82 Å². The van der Waals surface area contributed by atoms with Crippen LogP contribution in [0.1, 0.15) is 17.0 Å². The Hall–Kier alpha value is -2.16. The molecule has 2 nitrogen and oxygen atoms in total. The van der Waals surface area contributed by atoms with Crippen LogP contribution in [0.3, 0.4) is 0 Å². The molecule has 0 saturated heterocycles. The number of hydrogen-bond acceptors (Lipinski definition) is 2. The SMILES string of the molecule is Nc1ccccc1C([C]=O)c1ccc(F)cc1. The van der Waals surface area contributed by atoms with Gasteiger partial charge in [0.1, 0.15) is 5.82 Å². The number of anilines is 1. The molecule has 2 rings (SSSR count). The van der Waals surface area contributed by atoms with Crippen LogP contribution in [-0.2, 0) is 4.79 Å². The molecule has 0 aromatic heterocycles. The Labute approximate surface area is 98.9 Å². The molecule has 2 N–H and O–H groups in total. The summed E-state index contributed by atoms with van der Waals surface area (Å²) in [5, 5.41) is 0. The Morgan fingerprint density at radius 1 is 1.06 bits per heavy atom. The fraction of sp³-hybridized carbons (Fsp3) is 0.0714. The summed E-state index contributed by atoms with van der Waals surface area (Å²) in [5.74, 6) is -0.906. The molecular weight excluding hydrogens is 217 g/mol. The van der Waals surface area contributed by atoms with Crippen molar-refractivity contribution in [3.05, 3.63) is 65.5 Å². The Bertz CT molecular complexity index is 522. The first kappa shape index (κ1) is 11.3. The van der Waals surface area contributed by atoms with Gasteiger partial charge in [-0.25, -0.2) is 4.39 Å². The van der Waals surface area contributed by atoms with Crippen molar-refractivity contribution in [2.45, 2.75) is 5.92 Å². The Morgan fingerprint density at radius 2 is 1.71 bits per heavy atom. The maximum absolute atomic E-state index is 12.8. The van der Waals surface area contributed by atoms with E-state index in [1.807, 2.05) is 6.29 Å². The second-order valence-corrected chi connectivity index (χ2v) is 3.73. The zero-order valence-electron chi connectivity index (χ0n) is 9.06. The van der Waals surface area contributed by atoms with Gasteiger partial charge < -0.3 is 5.73 Å². The lowest BCUT2D eigenvalue weighted by Crippen LogP contribution is -2.05. The van der Waals surface area contributed by atoms with Crippen LogP contribution in [0.4, 0.5) is 10.1 Å². The fourth-order valence-electron chi connectivity index (χ4n) is 1.74. The van der Waals surface area contributed by atoms with E-state index in [4.69, 9.17) is 5.73 Å². The highest BCUT2D eigenvalue weighted by Crippen LogP contribution is 2.27. The summed E-state index contributed by atoms with van der Waals surface area (Å²) in [5.41, 5.74) is 7.71. The van der Waals surface area contributed by atoms with E-state index in [2.05, 4.69) is 0 Å². The minimum absolute atomic E-state index is 0.334. The van der Waals surface area contributed by atoms with Gasteiger partial charge in [-0.15, -0.1) is 0 Å². The molecule has 0 spiro atoms. The predicted molar refractivity (Wildman–Crippen MR) is 64.8 cm³/mol. The molecule has 1 unspecified atom stereocenters. The number of para-hydroxylation sites is 1. The molecule has 17 heavy (non-hydrogen) atoms. The highest BCUT2D eigenvalue weighted by molar-refractivity contribution is 5.72. The second-order valence-electron chi connectivity index (χ2n) is 3.73. The van der Waals surface area contributed by atoms with Crippen LogP contribution in [-0.4, -0.2) is 6.29 Å². The van der Waals surface area contributed by atoms with E-state index in [9.17, 15) is 9.18 Å². The Balaban J connectivity index is 2.44. The van der Waals surface area contributed by atoms with E-state index in [1.54, 1.807) is 36.4 Å². The molecule has 0 fully saturated rings. The van der Waals surface area contributed by atoms with Crippen molar-refractivity contribution in [1.29, 1.82) is 0 Å². The average molecular weight is 228 g/mol. The summed E-state index contributed by atoms with van der Waals surface area (Å²) in [6.07, 6.45) is 1.94. The Kier molecular flexibility index (Phi) is 3.19. The molecule has 0 bridgehead atoms. The van der Waals surface area contributed by atoms with Crippen molar-refractivity contribution in [3.63, 3.8) is 0 Å². The molecule has 1 radical (unpaired) electrons. The maximum atomic E-state index is 12.8. The maximum Gasteiger partial charge on any atom is 0.211 e. The molecule has 0 aliphatic heterocycles. The second kappa shape index (κ2) is 4.78. The van der Waals surface area contributed by atoms with E-state index in [0.29, 0.717) is 16.8 Å². The molecule has 85 valence electrons. The van der Waals surface area contributed by atoms with Crippen LogP contribution in [0.5, 0.6) is 0 Å². The van der Waals surface area contributed by atoms with Crippen molar-refractivity contribution in [1.82, 2.24) is 0 Å². The normalized spacial score (nSPS) is 12.1. The Morgan fingerprint density at radius 3 is 2.29 bits per heavy atom. The smallest absolute Gasteiger partial charge is 0.211 e. The number of halogens is 1. The van der Waals surface area contributed by atoms with Crippen molar-refractivity contribution >= 4 is 12.0 Å². The summed E-state index contributed by atoms with van der Waals surface area (Å²) >= 11 is 0. The van der Waals surface area contributed by atoms with Gasteiger partial charge in [-0.2, -0.15) is 0 Å². The highest BCUT2D eigenvalue weighted by atomic mass is 19.1. The van der Waals surface area contributed by atoms with E-state index < -0.39 is 5.92 Å². The van der Waals surface area contributed by atoms with Crippen molar-refractivity contribution in [2.75, 3.05) is 5.73 Å². The quantitative estimate of drug-likeness (QED) is 0.821. The van der Waals surface area contributed by atoms with Gasteiger partial charge in [0.2, 0.25) is 6.29 Å². The summed E-state index contributed by atoms with van der Waals surface area (Å²) in [6, 6.07) is 12.9. The highest BCUT2D eigenvalue weighted by Gasteiger charge is 2.16. The van der Waals surface area contributed by atoms with Gasteiger partial charge in [0.25, 0.3) is 0 Å². The lowest BCUT2D eigenvalue weighted by atomic mass is 9.91. The molecule has 0 heterocycles. The zero-order chi connectivity index (χ0) is 12.3. The lowest BCUT2D eigenvalue weighted by Gasteiger charge is -2.12. The first-order chi connectivity index (χ1) is 8.22. The van der Waals surface area contributed by atoms with Gasteiger partial charge in [0.15, 0.2) is 0 Å². The molecule has 0 amide bonds. The van der Waals surface area contributed by atoms with Crippen molar-refractivity contribution < 1.29 is 9.18 Å². The number of carbonyl (C=O) groups excluding carboxylic acids is 1. The summed E-state index contributed by atoms with van der Waals surface area (Å²) in [4.78, 5) is 11.1. The molecule has 0 aliphatic rings. The van der Waals surface area contributed by atoms with Gasteiger partial charge in [0.05, 0.1) is 5.92 Å². The van der Waals surface area contributed by atoms with Crippen LogP contribution >= 0.6 is 0 Å². The third-order valence-electron chi connectivity index (χ3n) is 2.63. The largest absolute Gasteiger partial charge is 0.398 e. The molecule has 0 saturated carbocycles. The topological polar surface area (TPSA) is 43.1 Å². The van der Waals surface area contributed by atoms with E-state index >= 15 is 0 Å². The van der Waals surface area contributed by atoms with Gasteiger partial charge in [0, 0.05) is 5.69 Å². The molecule has 2 aromatic carbocycles. The van der Waals surface area contributed by atoms with Crippen LogP contribution in [0.15, 0.2) is 48.5 Å². The first-order valence-corrected chi connectivity index (χ1v) is 5.20. The third-order valence-corrected chi connectivity index (χ3v) is 2.63. The van der Waals surface area contributed by atoms with Crippen molar-refractivity contribution in [3.8, 4) is 0 Å². The van der Waals surface area contributed by atoms with Gasteiger partial charge >= 0.3 is 0 Å². The molecule has 2 aromatic rings. The number of nitrogen functional groups attached to an aromatic ring is 1. The molecular formula is C14H11FNO. The molecule has 1 atom stereocenters. The van der Waals surface area contributed by atoms with Crippen molar-refractivity contribution in [2.24, 2.45) is 0 Å². The minimum Gasteiger partial charge on any atom is -0.398 e. The van der Waals surface area contributed by atoms with E-state index in [0.717, 1.165) is 0 Å². The van der Waals surface area contributed by atoms with Crippen LogP contribution < -0.4 is 5.73 Å². The third kappa shape index (κ3) is 2.33. The summed E-state index contributed by atoms with van der Waals surface area (Å²) in [7, 11) is 0. The standard InChI is InChI=1S/C14H11FNO/c15-11-7-5-10(6-8-11)13(9-17)12-3-1-2-4-14(12)16/h1-8,13H,16H2. The number of benzene rings is 2. The number of nitrogens with two attached hydrogens (primary N) is 1. The summed E-state index contributed by atoms with van der Waals surface area (Å²) in [6.45, 7) is 0. The number of rotatable bonds is 3.